The number of phenolic OH excluding ortho intramolecular Hbond substituents is 1. The van der Waals surface area contributed by atoms with E-state index in [-0.39, 0.29) is 11.8 Å². The number of aromatic hydroxyl groups is 1. The Kier molecular flexibility index (Phi) is 5.67. The fraction of sp³-hybridized carbons (Fsp3) is 0.524. The lowest BCUT2D eigenvalue weighted by atomic mass is 10.0. The molecule has 146 valence electrons. The van der Waals surface area contributed by atoms with E-state index < -0.39 is 5.60 Å². The molecule has 0 unspecified atom stereocenters. The molecule has 1 saturated heterocycles. The molecular formula is C21H30N4O2. The Labute approximate surface area is 161 Å². The molecule has 3 rings (SSSR count). The third-order valence-electron chi connectivity index (χ3n) is 4.85. The fourth-order valence-electron chi connectivity index (χ4n) is 3.89. The number of benzene rings is 1. The second-order valence-corrected chi connectivity index (χ2v) is 8.31. The van der Waals surface area contributed by atoms with Crippen molar-refractivity contribution in [3.8, 4) is 17.0 Å². The summed E-state index contributed by atoms with van der Waals surface area (Å²) in [5.41, 5.74) is 2.72. The zero-order valence-corrected chi connectivity index (χ0v) is 16.7. The third-order valence-corrected chi connectivity index (χ3v) is 4.85. The first-order valence-corrected chi connectivity index (χ1v) is 9.57. The van der Waals surface area contributed by atoms with Crippen LogP contribution in [0.1, 0.15) is 37.8 Å². The van der Waals surface area contributed by atoms with Gasteiger partial charge in [0.25, 0.3) is 0 Å². The van der Waals surface area contributed by atoms with Crippen LogP contribution in [0.15, 0.2) is 24.3 Å². The zero-order valence-electron chi connectivity index (χ0n) is 16.7. The predicted octanol–water partition coefficient (Wildman–Crippen LogP) is 3.11. The van der Waals surface area contributed by atoms with E-state index in [1.807, 2.05) is 45.9 Å². The van der Waals surface area contributed by atoms with Crippen molar-refractivity contribution < 1.29 is 10.2 Å². The fourth-order valence-corrected chi connectivity index (χ4v) is 3.89. The van der Waals surface area contributed by atoms with E-state index in [9.17, 15) is 10.2 Å². The molecule has 3 N–H and O–H groups in total. The minimum Gasteiger partial charge on any atom is -0.507 e. The number of likely N-dealkylation sites (tertiary alicyclic amines) is 1. The van der Waals surface area contributed by atoms with Crippen LogP contribution < -0.4 is 5.32 Å². The molecule has 0 amide bonds. The van der Waals surface area contributed by atoms with Crippen LogP contribution >= 0.6 is 0 Å². The maximum absolute atomic E-state index is 10.3. The zero-order chi connectivity index (χ0) is 19.6. The summed E-state index contributed by atoms with van der Waals surface area (Å²) < 4.78 is 0. The topological polar surface area (TPSA) is 81.5 Å². The molecule has 1 fully saturated rings. The summed E-state index contributed by atoms with van der Waals surface area (Å²) in [4.78, 5) is 2.29. The SMILES string of the molecule is Cc1cc(C)c(-c2ccc(N[C@@H]3CCCN(CC(C)(C)O)C3)nn2)c(O)c1. The molecule has 1 aliphatic rings. The molecule has 1 aromatic carbocycles. The lowest BCUT2D eigenvalue weighted by molar-refractivity contribution is 0.0286. The minimum atomic E-state index is -0.683. The molecule has 2 aromatic rings. The number of aryl methyl sites for hydroxylation is 2. The molecule has 0 spiro atoms. The van der Waals surface area contributed by atoms with Gasteiger partial charge in [-0.05, 0) is 76.4 Å². The number of nitrogens with one attached hydrogen (secondary N) is 1. The van der Waals surface area contributed by atoms with E-state index in [0.29, 0.717) is 12.2 Å². The van der Waals surface area contributed by atoms with Crippen molar-refractivity contribution in [2.75, 3.05) is 25.0 Å². The van der Waals surface area contributed by atoms with E-state index in [4.69, 9.17) is 0 Å². The van der Waals surface area contributed by atoms with Gasteiger partial charge in [-0.3, -0.25) is 4.90 Å². The number of hydrogen-bond donors (Lipinski definition) is 3. The summed E-state index contributed by atoms with van der Waals surface area (Å²) in [6.45, 7) is 10.2. The predicted molar refractivity (Wildman–Crippen MR) is 108 cm³/mol. The summed E-state index contributed by atoms with van der Waals surface area (Å²) in [7, 11) is 0. The Morgan fingerprint density at radius 2 is 2.00 bits per heavy atom. The van der Waals surface area contributed by atoms with Gasteiger partial charge in [-0.1, -0.05) is 6.07 Å². The molecule has 0 bridgehead atoms. The van der Waals surface area contributed by atoms with E-state index in [2.05, 4.69) is 20.4 Å². The van der Waals surface area contributed by atoms with Crippen LogP contribution in [0.25, 0.3) is 11.3 Å². The largest absolute Gasteiger partial charge is 0.507 e. The maximum atomic E-state index is 10.3. The van der Waals surface area contributed by atoms with Gasteiger partial charge < -0.3 is 15.5 Å². The quantitative estimate of drug-likeness (QED) is 0.750. The van der Waals surface area contributed by atoms with Gasteiger partial charge in [0.05, 0.1) is 11.3 Å². The van der Waals surface area contributed by atoms with E-state index in [0.717, 1.165) is 48.4 Å². The highest BCUT2D eigenvalue weighted by Gasteiger charge is 2.25. The molecule has 6 heteroatoms. The second-order valence-electron chi connectivity index (χ2n) is 8.31. The molecule has 1 aromatic heterocycles. The lowest BCUT2D eigenvalue weighted by Gasteiger charge is -2.36. The normalized spacial score (nSPS) is 18.5. The number of phenols is 1. The average Bonchev–Trinajstić information content (AvgIpc) is 2.54. The number of anilines is 1. The van der Waals surface area contributed by atoms with Crippen LogP contribution in [0.3, 0.4) is 0 Å². The van der Waals surface area contributed by atoms with Gasteiger partial charge >= 0.3 is 0 Å². The second kappa shape index (κ2) is 7.82. The Morgan fingerprint density at radius 1 is 1.22 bits per heavy atom. The van der Waals surface area contributed by atoms with Crippen LogP contribution in [0.2, 0.25) is 0 Å². The summed E-state index contributed by atoms with van der Waals surface area (Å²) in [6.07, 6.45) is 2.17. The molecule has 2 heterocycles. The standard InChI is InChI=1S/C21H30N4O2/c1-14-10-15(2)20(18(26)11-14)17-7-8-19(24-23-17)22-16-6-5-9-25(12-16)13-21(3,4)27/h7-8,10-11,16,26-27H,5-6,9,12-13H2,1-4H3,(H,22,24)/t16-/m1/s1. The van der Waals surface area contributed by atoms with Crippen molar-refractivity contribution in [2.45, 2.75) is 52.2 Å². The number of nitrogens with zero attached hydrogens (tertiary/aromatic N) is 3. The number of β-amino-alcohol motifs (C(OH)–C–C–N with tert-alkyl or cyclic N) is 1. The Balaban J connectivity index is 1.68. The highest BCUT2D eigenvalue weighted by molar-refractivity contribution is 5.71. The number of aromatic nitrogens is 2. The van der Waals surface area contributed by atoms with Crippen LogP contribution in [-0.4, -0.2) is 56.6 Å². The van der Waals surface area contributed by atoms with E-state index in [1.165, 1.54) is 0 Å². The van der Waals surface area contributed by atoms with Crippen molar-refractivity contribution in [1.82, 2.24) is 15.1 Å². The van der Waals surface area contributed by atoms with Crippen LogP contribution in [-0.2, 0) is 0 Å². The molecular weight excluding hydrogens is 340 g/mol. The number of rotatable bonds is 5. The van der Waals surface area contributed by atoms with E-state index in [1.54, 1.807) is 6.07 Å². The van der Waals surface area contributed by atoms with Crippen LogP contribution in [0.5, 0.6) is 5.75 Å². The monoisotopic (exact) mass is 370 g/mol. The van der Waals surface area contributed by atoms with Gasteiger partial charge in [0.1, 0.15) is 11.6 Å². The summed E-state index contributed by atoms with van der Waals surface area (Å²) in [6, 6.07) is 7.87. The first kappa shape index (κ1) is 19.6. The maximum Gasteiger partial charge on any atom is 0.148 e. The minimum absolute atomic E-state index is 0.233. The molecule has 1 atom stereocenters. The molecule has 1 aliphatic heterocycles. The molecule has 6 nitrogen and oxygen atoms in total. The lowest BCUT2D eigenvalue weighted by Crippen LogP contribution is -2.47. The summed E-state index contributed by atoms with van der Waals surface area (Å²) in [5, 5.41) is 32.4. The van der Waals surface area contributed by atoms with Gasteiger partial charge in [-0.15, -0.1) is 10.2 Å². The van der Waals surface area contributed by atoms with Gasteiger partial charge in [0.2, 0.25) is 0 Å². The van der Waals surface area contributed by atoms with Gasteiger partial charge in [0, 0.05) is 24.7 Å². The van der Waals surface area contributed by atoms with Crippen molar-refractivity contribution in [3.05, 3.63) is 35.4 Å². The molecule has 27 heavy (non-hydrogen) atoms. The van der Waals surface area contributed by atoms with Crippen LogP contribution in [0.4, 0.5) is 5.82 Å². The number of aliphatic hydroxyl groups is 1. The van der Waals surface area contributed by atoms with Gasteiger partial charge in [-0.2, -0.15) is 0 Å². The van der Waals surface area contributed by atoms with Crippen LogP contribution in [0, 0.1) is 13.8 Å². The van der Waals surface area contributed by atoms with Crippen molar-refractivity contribution in [1.29, 1.82) is 0 Å². The summed E-state index contributed by atoms with van der Waals surface area (Å²) >= 11 is 0. The van der Waals surface area contributed by atoms with Crippen molar-refractivity contribution in [3.63, 3.8) is 0 Å². The molecule has 0 radical (unpaired) electrons. The molecule has 0 saturated carbocycles. The third kappa shape index (κ3) is 5.17. The van der Waals surface area contributed by atoms with Crippen molar-refractivity contribution in [2.24, 2.45) is 0 Å². The average molecular weight is 370 g/mol. The van der Waals surface area contributed by atoms with Gasteiger partial charge in [0.15, 0.2) is 0 Å². The summed E-state index contributed by atoms with van der Waals surface area (Å²) in [5.74, 6) is 0.968. The Morgan fingerprint density at radius 3 is 2.63 bits per heavy atom. The smallest absolute Gasteiger partial charge is 0.148 e. The first-order valence-electron chi connectivity index (χ1n) is 9.57. The van der Waals surface area contributed by atoms with Gasteiger partial charge in [-0.25, -0.2) is 0 Å². The Bertz CT molecular complexity index is 761. The first-order chi connectivity index (χ1) is 12.7. The van der Waals surface area contributed by atoms with Crippen molar-refractivity contribution >= 4 is 5.82 Å². The number of hydrogen-bond acceptors (Lipinski definition) is 6. The highest BCUT2D eigenvalue weighted by Crippen LogP contribution is 2.32. The Hall–Kier alpha value is -2.18. The highest BCUT2D eigenvalue weighted by atomic mass is 16.3. The molecule has 0 aliphatic carbocycles. The number of piperidine rings is 1. The van der Waals surface area contributed by atoms with E-state index >= 15 is 0 Å².